The van der Waals surface area contributed by atoms with Gasteiger partial charge >= 0.3 is 0 Å². The van der Waals surface area contributed by atoms with E-state index in [1.165, 1.54) is 0 Å². The quantitative estimate of drug-likeness (QED) is 0.831. The summed E-state index contributed by atoms with van der Waals surface area (Å²) >= 11 is 0. The fourth-order valence-corrected chi connectivity index (χ4v) is 3.92. The van der Waals surface area contributed by atoms with Crippen LogP contribution in [0.4, 0.5) is 0 Å². The fourth-order valence-electron chi connectivity index (χ4n) is 3.92. The van der Waals surface area contributed by atoms with Crippen LogP contribution in [0.1, 0.15) is 35.1 Å². The van der Waals surface area contributed by atoms with Crippen molar-refractivity contribution in [3.05, 3.63) is 70.8 Å². The third kappa shape index (κ3) is 2.82. The minimum atomic E-state index is -1.45. The normalized spacial score (nSPS) is 23.6. The summed E-state index contributed by atoms with van der Waals surface area (Å²) in [7, 11) is 0. The maximum Gasteiger partial charge on any atom is 0.153 e. The molecule has 0 bridgehead atoms. The lowest BCUT2D eigenvalue weighted by Crippen LogP contribution is -2.52. The van der Waals surface area contributed by atoms with Gasteiger partial charge in [-0.1, -0.05) is 71.5 Å². The highest BCUT2D eigenvalue weighted by Crippen LogP contribution is 2.53. The van der Waals surface area contributed by atoms with Crippen LogP contribution in [0.2, 0.25) is 0 Å². The Balaban J connectivity index is 1.99. The molecule has 0 heterocycles. The number of hydrogen-bond acceptors (Lipinski definition) is 2. The molecule has 1 fully saturated rings. The van der Waals surface area contributed by atoms with Crippen molar-refractivity contribution in [2.45, 2.75) is 37.9 Å². The third-order valence-corrected chi connectivity index (χ3v) is 5.77. The van der Waals surface area contributed by atoms with Gasteiger partial charge < -0.3 is 10.2 Å². The molecule has 132 valence electrons. The molecule has 0 unspecified atom stereocenters. The van der Waals surface area contributed by atoms with Crippen molar-refractivity contribution >= 4 is 0 Å². The Morgan fingerprint density at radius 2 is 1.04 bits per heavy atom. The first-order valence-corrected chi connectivity index (χ1v) is 8.89. The van der Waals surface area contributed by atoms with Crippen LogP contribution in [0, 0.1) is 50.4 Å². The lowest BCUT2D eigenvalue weighted by molar-refractivity contribution is -0.118. The highest BCUT2D eigenvalue weighted by molar-refractivity contribution is 5.39. The van der Waals surface area contributed by atoms with Crippen LogP contribution in [-0.4, -0.2) is 10.2 Å². The minimum Gasteiger partial charge on any atom is -0.373 e. The van der Waals surface area contributed by atoms with Gasteiger partial charge in [-0.3, -0.25) is 0 Å². The largest absolute Gasteiger partial charge is 0.373 e. The van der Waals surface area contributed by atoms with Gasteiger partial charge in [-0.15, -0.1) is 12.8 Å². The van der Waals surface area contributed by atoms with Gasteiger partial charge in [-0.2, -0.15) is 0 Å². The monoisotopic (exact) mass is 344 g/mol. The van der Waals surface area contributed by atoms with Crippen molar-refractivity contribution in [3.8, 4) is 24.7 Å². The summed E-state index contributed by atoms with van der Waals surface area (Å²) in [5.74, 6) is 4.54. The second-order valence-corrected chi connectivity index (χ2v) is 7.34. The average Bonchev–Trinajstić information content (AvgIpc) is 2.61. The van der Waals surface area contributed by atoms with Crippen LogP contribution in [0.3, 0.4) is 0 Å². The molecule has 2 N–H and O–H groups in total. The highest BCUT2D eigenvalue weighted by Gasteiger charge is 2.55. The summed E-state index contributed by atoms with van der Waals surface area (Å²) in [5.41, 5.74) is 0.626. The van der Waals surface area contributed by atoms with Crippen LogP contribution >= 0.6 is 0 Å². The summed E-state index contributed by atoms with van der Waals surface area (Å²) in [5, 5.41) is 22.6. The van der Waals surface area contributed by atoms with Crippen LogP contribution in [0.25, 0.3) is 0 Å². The molecule has 0 aromatic heterocycles. The molecule has 26 heavy (non-hydrogen) atoms. The summed E-state index contributed by atoms with van der Waals surface area (Å²) in [6.07, 6.45) is 13.0. The van der Waals surface area contributed by atoms with Crippen LogP contribution < -0.4 is 0 Å². The Morgan fingerprint density at radius 1 is 0.731 bits per heavy atom. The molecule has 1 saturated carbocycles. The summed E-state index contributed by atoms with van der Waals surface area (Å²) < 4.78 is 0. The topological polar surface area (TPSA) is 40.5 Å². The summed E-state index contributed by atoms with van der Waals surface area (Å²) in [4.78, 5) is 0. The summed E-state index contributed by atoms with van der Waals surface area (Å²) in [6, 6.07) is 15.1. The number of terminal acetylenes is 2. The second kappa shape index (κ2) is 6.65. The first-order valence-electron chi connectivity index (χ1n) is 8.89. The van der Waals surface area contributed by atoms with Crippen molar-refractivity contribution in [1.82, 2.24) is 0 Å². The molecule has 2 aromatic rings. The number of rotatable bonds is 4. The first-order chi connectivity index (χ1) is 12.3. The molecule has 2 nitrogen and oxygen atoms in total. The molecule has 3 rings (SSSR count). The van der Waals surface area contributed by atoms with Crippen LogP contribution in [0.15, 0.2) is 48.5 Å². The van der Waals surface area contributed by atoms with Gasteiger partial charge in [0.1, 0.15) is 0 Å². The van der Waals surface area contributed by atoms with Crippen molar-refractivity contribution in [1.29, 1.82) is 0 Å². The Hall–Kier alpha value is -2.52. The van der Waals surface area contributed by atoms with Crippen molar-refractivity contribution in [2.75, 3.05) is 0 Å². The van der Waals surface area contributed by atoms with Crippen molar-refractivity contribution < 1.29 is 10.2 Å². The van der Waals surface area contributed by atoms with Gasteiger partial charge in [0, 0.05) is 11.8 Å². The number of benzene rings is 2. The molecule has 1 aliphatic rings. The van der Waals surface area contributed by atoms with Gasteiger partial charge in [0.2, 0.25) is 0 Å². The molecule has 1 aliphatic carbocycles. The molecule has 0 radical (unpaired) electrons. The van der Waals surface area contributed by atoms with Crippen LogP contribution in [-0.2, 0) is 11.2 Å². The molecule has 0 aliphatic heterocycles. The van der Waals surface area contributed by atoms with E-state index < -0.39 is 11.2 Å². The molecule has 2 aromatic carbocycles. The minimum absolute atomic E-state index is 0.308. The lowest BCUT2D eigenvalue weighted by Gasteiger charge is -2.50. The van der Waals surface area contributed by atoms with E-state index in [0.717, 1.165) is 24.0 Å². The molecule has 0 amide bonds. The van der Waals surface area contributed by atoms with Crippen LogP contribution in [0.5, 0.6) is 0 Å². The zero-order chi connectivity index (χ0) is 18.9. The van der Waals surface area contributed by atoms with E-state index >= 15 is 0 Å². The Morgan fingerprint density at radius 3 is 1.27 bits per heavy atom. The molecule has 2 heteroatoms. The van der Waals surface area contributed by atoms with E-state index in [-0.39, 0.29) is 11.8 Å². The standard InChI is InChI=1S/C24H24O2/c1-5-23(25,19-11-7-17(3)8-12-19)21-15-16-22(21)24(26,6-2)20-13-9-18(4)10-14-20/h1-2,7-14,21-22,25-26H,15-16H2,3-4H3/t21-,22-,23+,24+/m1/s1. The maximum absolute atomic E-state index is 11.3. The van der Waals surface area contributed by atoms with Crippen molar-refractivity contribution in [3.63, 3.8) is 0 Å². The summed E-state index contributed by atoms with van der Waals surface area (Å²) in [6.45, 7) is 3.97. The Kier molecular flexibility index (Phi) is 4.68. The lowest BCUT2D eigenvalue weighted by atomic mass is 9.56. The SMILES string of the molecule is C#C[C@](O)(c1ccc(C)cc1)[C@@H]1CC[C@H]1[C@](O)(C#C)c1ccc(C)cc1. The first kappa shape index (κ1) is 18.3. The number of hydrogen-bond donors (Lipinski definition) is 2. The maximum atomic E-state index is 11.3. The number of aryl methyl sites for hydroxylation is 2. The zero-order valence-electron chi connectivity index (χ0n) is 15.2. The Bertz CT molecular complexity index is 791. The van der Waals surface area contributed by atoms with Gasteiger partial charge in [-0.05, 0) is 37.8 Å². The number of aliphatic hydroxyl groups is 2. The van der Waals surface area contributed by atoms with Gasteiger partial charge in [-0.25, -0.2) is 0 Å². The van der Waals surface area contributed by atoms with E-state index in [4.69, 9.17) is 12.8 Å². The van der Waals surface area contributed by atoms with E-state index in [1.54, 1.807) is 0 Å². The predicted molar refractivity (Wildman–Crippen MR) is 104 cm³/mol. The van der Waals surface area contributed by atoms with E-state index in [1.807, 2.05) is 62.4 Å². The molecular formula is C24H24O2. The molecule has 0 saturated heterocycles. The molecule has 0 spiro atoms. The van der Waals surface area contributed by atoms with Gasteiger partial charge in [0.15, 0.2) is 11.2 Å². The predicted octanol–water partition coefficient (Wildman–Crippen LogP) is 3.67. The second-order valence-electron chi connectivity index (χ2n) is 7.34. The van der Waals surface area contributed by atoms with Gasteiger partial charge in [0.25, 0.3) is 0 Å². The molecule has 4 atom stereocenters. The van der Waals surface area contributed by atoms with E-state index in [0.29, 0.717) is 11.1 Å². The Labute approximate surface area is 155 Å². The third-order valence-electron chi connectivity index (χ3n) is 5.77. The zero-order valence-corrected chi connectivity index (χ0v) is 15.2. The highest BCUT2D eigenvalue weighted by atomic mass is 16.3. The van der Waals surface area contributed by atoms with E-state index in [9.17, 15) is 10.2 Å². The smallest absolute Gasteiger partial charge is 0.153 e. The molecular weight excluding hydrogens is 320 g/mol. The van der Waals surface area contributed by atoms with Crippen molar-refractivity contribution in [2.24, 2.45) is 11.8 Å². The fraction of sp³-hybridized carbons (Fsp3) is 0.333. The average molecular weight is 344 g/mol. The van der Waals surface area contributed by atoms with E-state index in [2.05, 4.69) is 11.8 Å². The van der Waals surface area contributed by atoms with Gasteiger partial charge in [0.05, 0.1) is 0 Å².